The van der Waals surface area contributed by atoms with Crippen LogP contribution in [0, 0.1) is 0 Å². The Kier molecular flexibility index (Phi) is 4.70. The van der Waals surface area contributed by atoms with E-state index < -0.39 is 0 Å². The van der Waals surface area contributed by atoms with Gasteiger partial charge in [0.15, 0.2) is 8.68 Å². The second kappa shape index (κ2) is 6.05. The number of aromatic nitrogens is 2. The maximum Gasteiger partial charge on any atom is 0.175 e. The van der Waals surface area contributed by atoms with Gasteiger partial charge in [-0.05, 0) is 12.7 Å². The molecule has 0 spiro atoms. The van der Waals surface area contributed by atoms with Crippen LogP contribution < -0.4 is 0 Å². The Morgan fingerprint density at radius 2 is 2.33 bits per heavy atom. The first-order valence-electron chi connectivity index (χ1n) is 4.58. The minimum atomic E-state index is 0.297. The van der Waals surface area contributed by atoms with E-state index in [1.807, 2.05) is 6.26 Å². The van der Waals surface area contributed by atoms with Crippen LogP contribution in [-0.4, -0.2) is 41.7 Å². The number of nitrogens with zero attached hydrogens (tertiary/aromatic N) is 2. The lowest BCUT2D eigenvalue weighted by molar-refractivity contribution is -0.130. The molecular formula is C8H12N2O2S3. The van der Waals surface area contributed by atoms with Crippen LogP contribution in [0.5, 0.6) is 0 Å². The molecule has 7 heteroatoms. The van der Waals surface area contributed by atoms with Gasteiger partial charge in [0, 0.05) is 5.75 Å². The topological polar surface area (TPSA) is 44.2 Å². The third-order valence-corrected chi connectivity index (χ3v) is 5.09. The molecule has 0 saturated carbocycles. The van der Waals surface area contributed by atoms with Crippen molar-refractivity contribution < 1.29 is 9.47 Å². The molecule has 1 atom stereocenters. The molecule has 0 amide bonds. The number of hydrogen-bond acceptors (Lipinski definition) is 7. The summed E-state index contributed by atoms with van der Waals surface area (Å²) in [6.07, 6.45) is 3.28. The van der Waals surface area contributed by atoms with E-state index in [2.05, 4.69) is 10.2 Å². The van der Waals surface area contributed by atoms with E-state index in [1.165, 1.54) is 0 Å². The van der Waals surface area contributed by atoms with Crippen molar-refractivity contribution in [3.05, 3.63) is 0 Å². The molecule has 1 fully saturated rings. The molecule has 4 nitrogen and oxygen atoms in total. The Labute approximate surface area is 101 Å². The van der Waals surface area contributed by atoms with Gasteiger partial charge in [-0.2, -0.15) is 0 Å². The normalized spacial score (nSPS) is 21.8. The Hall–Kier alpha value is 0.180. The van der Waals surface area contributed by atoms with Crippen molar-refractivity contribution in [2.24, 2.45) is 0 Å². The van der Waals surface area contributed by atoms with Gasteiger partial charge in [-0.1, -0.05) is 34.9 Å². The summed E-state index contributed by atoms with van der Waals surface area (Å²) in [6, 6.07) is 0. The van der Waals surface area contributed by atoms with Crippen LogP contribution in [-0.2, 0) is 9.47 Å². The fraction of sp³-hybridized carbons (Fsp3) is 0.750. The predicted molar refractivity (Wildman–Crippen MR) is 62.7 cm³/mol. The van der Waals surface area contributed by atoms with Crippen molar-refractivity contribution in [2.75, 3.05) is 25.4 Å². The molecule has 1 aromatic rings. The largest absolute Gasteiger partial charge is 0.355 e. The first-order chi connectivity index (χ1) is 7.38. The zero-order chi connectivity index (χ0) is 10.5. The van der Waals surface area contributed by atoms with E-state index in [1.54, 1.807) is 34.9 Å². The first kappa shape index (κ1) is 11.7. The quantitative estimate of drug-likeness (QED) is 0.776. The van der Waals surface area contributed by atoms with Gasteiger partial charge in [0.2, 0.25) is 0 Å². The van der Waals surface area contributed by atoms with E-state index in [4.69, 9.17) is 9.47 Å². The fourth-order valence-corrected chi connectivity index (χ4v) is 3.67. The molecule has 1 aromatic heterocycles. The number of hydrogen-bond donors (Lipinski definition) is 0. The Morgan fingerprint density at radius 1 is 1.47 bits per heavy atom. The molecule has 15 heavy (non-hydrogen) atoms. The summed E-state index contributed by atoms with van der Waals surface area (Å²) in [4.78, 5) is 0. The Balaban J connectivity index is 1.76. The Bertz CT molecular complexity index is 302. The molecule has 1 aliphatic rings. The van der Waals surface area contributed by atoms with Crippen molar-refractivity contribution in [1.82, 2.24) is 10.2 Å². The molecule has 2 rings (SSSR count). The molecule has 0 N–H and O–H groups in total. The molecule has 0 unspecified atom stereocenters. The summed E-state index contributed by atoms with van der Waals surface area (Å²) >= 11 is 4.98. The lowest BCUT2D eigenvalue weighted by atomic mass is 10.3. The van der Waals surface area contributed by atoms with Gasteiger partial charge in [-0.25, -0.2) is 0 Å². The zero-order valence-corrected chi connectivity index (χ0v) is 10.8. The molecule has 1 saturated heterocycles. The minimum Gasteiger partial charge on any atom is -0.355 e. The van der Waals surface area contributed by atoms with E-state index >= 15 is 0 Å². The second-order valence-electron chi connectivity index (χ2n) is 2.95. The molecule has 0 radical (unpaired) electrons. The van der Waals surface area contributed by atoms with Crippen LogP contribution in [0.15, 0.2) is 8.68 Å². The highest BCUT2D eigenvalue weighted by Crippen LogP contribution is 2.28. The van der Waals surface area contributed by atoms with Gasteiger partial charge in [-0.3, -0.25) is 0 Å². The second-order valence-corrected chi connectivity index (χ2v) is 6.25. The average molecular weight is 264 g/mol. The standard InChI is InChI=1S/C8H12N2O2S3/c1-13-7-9-10-8(15-7)14-4-6-2-3-11-5-12-6/h6H,2-5H2,1H3/t6-/m0/s1. The fourth-order valence-electron chi connectivity index (χ4n) is 1.14. The summed E-state index contributed by atoms with van der Waals surface area (Å²) in [6.45, 7) is 1.23. The highest BCUT2D eigenvalue weighted by atomic mass is 32.2. The van der Waals surface area contributed by atoms with Crippen LogP contribution in [0.4, 0.5) is 0 Å². The first-order valence-corrected chi connectivity index (χ1v) is 7.61. The van der Waals surface area contributed by atoms with Crippen molar-refractivity contribution in [3.8, 4) is 0 Å². The summed E-state index contributed by atoms with van der Waals surface area (Å²) in [7, 11) is 0. The SMILES string of the molecule is CSc1nnc(SC[C@@H]2CCOCO2)s1. The van der Waals surface area contributed by atoms with Crippen LogP contribution in [0.25, 0.3) is 0 Å². The molecule has 0 bridgehead atoms. The van der Waals surface area contributed by atoms with E-state index in [-0.39, 0.29) is 0 Å². The molecular weight excluding hydrogens is 252 g/mol. The molecule has 84 valence electrons. The average Bonchev–Trinajstić information content (AvgIpc) is 2.76. The lowest BCUT2D eigenvalue weighted by Gasteiger charge is -2.21. The smallest absolute Gasteiger partial charge is 0.175 e. The molecule has 2 heterocycles. The monoisotopic (exact) mass is 264 g/mol. The van der Waals surface area contributed by atoms with Gasteiger partial charge < -0.3 is 9.47 Å². The number of ether oxygens (including phenoxy) is 2. The van der Waals surface area contributed by atoms with Crippen molar-refractivity contribution in [1.29, 1.82) is 0 Å². The van der Waals surface area contributed by atoms with Gasteiger partial charge in [0.1, 0.15) is 6.79 Å². The zero-order valence-electron chi connectivity index (χ0n) is 8.34. The maximum atomic E-state index is 5.44. The van der Waals surface area contributed by atoms with E-state index in [0.717, 1.165) is 27.5 Å². The summed E-state index contributed by atoms with van der Waals surface area (Å²) in [5, 5.41) is 8.14. The predicted octanol–water partition coefficient (Wildman–Crippen LogP) is 2.12. The van der Waals surface area contributed by atoms with Gasteiger partial charge in [0.25, 0.3) is 0 Å². The number of thioether (sulfide) groups is 2. The molecule has 0 aliphatic carbocycles. The maximum absolute atomic E-state index is 5.44. The van der Waals surface area contributed by atoms with Gasteiger partial charge >= 0.3 is 0 Å². The third-order valence-electron chi connectivity index (χ3n) is 1.93. The molecule has 1 aliphatic heterocycles. The van der Waals surface area contributed by atoms with E-state index in [9.17, 15) is 0 Å². The Morgan fingerprint density at radius 3 is 3.00 bits per heavy atom. The van der Waals surface area contributed by atoms with Crippen molar-refractivity contribution in [2.45, 2.75) is 21.2 Å². The third kappa shape index (κ3) is 3.60. The van der Waals surface area contributed by atoms with E-state index in [0.29, 0.717) is 12.9 Å². The minimum absolute atomic E-state index is 0.297. The van der Waals surface area contributed by atoms with Crippen LogP contribution in [0.2, 0.25) is 0 Å². The number of rotatable bonds is 4. The molecule has 0 aromatic carbocycles. The summed E-state index contributed by atoms with van der Waals surface area (Å²) in [5.41, 5.74) is 0. The van der Waals surface area contributed by atoms with Crippen LogP contribution >= 0.6 is 34.9 Å². The highest BCUT2D eigenvalue weighted by Gasteiger charge is 2.15. The lowest BCUT2D eigenvalue weighted by Crippen LogP contribution is -2.25. The van der Waals surface area contributed by atoms with Crippen molar-refractivity contribution >= 4 is 34.9 Å². The van der Waals surface area contributed by atoms with Gasteiger partial charge in [-0.15, -0.1) is 10.2 Å². The summed E-state index contributed by atoms with van der Waals surface area (Å²) < 4.78 is 12.6. The van der Waals surface area contributed by atoms with Gasteiger partial charge in [0.05, 0.1) is 12.7 Å². The van der Waals surface area contributed by atoms with Crippen LogP contribution in [0.1, 0.15) is 6.42 Å². The van der Waals surface area contributed by atoms with Crippen molar-refractivity contribution in [3.63, 3.8) is 0 Å². The summed E-state index contributed by atoms with van der Waals surface area (Å²) in [5.74, 6) is 0.937. The highest BCUT2D eigenvalue weighted by molar-refractivity contribution is 8.02. The van der Waals surface area contributed by atoms with Crippen LogP contribution in [0.3, 0.4) is 0 Å².